The van der Waals surface area contributed by atoms with Crippen LogP contribution in [0.5, 0.6) is 6.01 Å². The molecule has 0 amide bonds. The van der Waals surface area contributed by atoms with Crippen molar-refractivity contribution in [2.24, 2.45) is 0 Å². The van der Waals surface area contributed by atoms with Crippen molar-refractivity contribution in [2.75, 3.05) is 13.7 Å². The summed E-state index contributed by atoms with van der Waals surface area (Å²) < 4.78 is 13.2. The second-order valence-electron chi connectivity index (χ2n) is 6.37. The first kappa shape index (κ1) is 15.1. The van der Waals surface area contributed by atoms with Crippen molar-refractivity contribution in [3.8, 4) is 6.01 Å². The topological polar surface area (TPSA) is 36.3 Å². The van der Waals surface area contributed by atoms with Gasteiger partial charge >= 0.3 is 0 Å². The van der Waals surface area contributed by atoms with Crippen LogP contribution in [-0.2, 0) is 11.5 Å². The second kappa shape index (κ2) is 5.97. The standard InChI is InChI=1S/C15H24N2O2Si/c1-12-6-7-13-14(10-12)17(15(16-13)18-2)11-19-8-9-20(3,4)5/h6-7,10H,8-9,11H2,1-5H3. The van der Waals surface area contributed by atoms with Crippen LogP contribution >= 0.6 is 0 Å². The van der Waals surface area contributed by atoms with E-state index in [2.05, 4.69) is 43.7 Å². The molecule has 4 nitrogen and oxygen atoms in total. The Labute approximate surface area is 121 Å². The fourth-order valence-corrected chi connectivity index (χ4v) is 2.78. The summed E-state index contributed by atoms with van der Waals surface area (Å²) in [6.45, 7) is 10.4. The summed E-state index contributed by atoms with van der Waals surface area (Å²) in [5.74, 6) is 0. The third-order valence-corrected chi connectivity index (χ3v) is 4.97. The van der Waals surface area contributed by atoms with Crippen LogP contribution in [0.15, 0.2) is 18.2 Å². The molecule has 0 unspecified atom stereocenters. The van der Waals surface area contributed by atoms with E-state index in [4.69, 9.17) is 9.47 Å². The number of methoxy groups -OCH3 is 1. The molecule has 0 spiro atoms. The average molecular weight is 292 g/mol. The van der Waals surface area contributed by atoms with E-state index < -0.39 is 8.07 Å². The second-order valence-corrected chi connectivity index (χ2v) is 12.0. The highest BCUT2D eigenvalue weighted by Crippen LogP contribution is 2.22. The molecule has 1 aromatic carbocycles. The number of hydrogen-bond acceptors (Lipinski definition) is 3. The zero-order valence-electron chi connectivity index (χ0n) is 13.1. The number of aryl methyl sites for hydroxylation is 1. The Balaban J connectivity index is 2.13. The SMILES string of the molecule is COc1nc2ccc(C)cc2n1COCC[Si](C)(C)C. The predicted octanol–water partition coefficient (Wildman–Crippen LogP) is 3.67. The summed E-state index contributed by atoms with van der Waals surface area (Å²) >= 11 is 0. The molecule has 2 rings (SSSR count). The minimum Gasteiger partial charge on any atom is -0.468 e. The summed E-state index contributed by atoms with van der Waals surface area (Å²) in [4.78, 5) is 4.47. The van der Waals surface area contributed by atoms with Crippen LogP contribution in [0.4, 0.5) is 0 Å². The Morgan fingerprint density at radius 1 is 1.25 bits per heavy atom. The van der Waals surface area contributed by atoms with E-state index in [1.807, 2.05) is 10.6 Å². The van der Waals surface area contributed by atoms with Crippen LogP contribution in [0.25, 0.3) is 11.0 Å². The van der Waals surface area contributed by atoms with Gasteiger partial charge in [-0.05, 0) is 30.7 Å². The van der Waals surface area contributed by atoms with Gasteiger partial charge in [-0.15, -0.1) is 0 Å². The van der Waals surface area contributed by atoms with E-state index in [9.17, 15) is 0 Å². The highest BCUT2D eigenvalue weighted by atomic mass is 28.3. The number of imidazole rings is 1. The first-order chi connectivity index (χ1) is 9.40. The van der Waals surface area contributed by atoms with Gasteiger partial charge in [0.15, 0.2) is 0 Å². The molecule has 0 aliphatic rings. The molecule has 1 aromatic heterocycles. The van der Waals surface area contributed by atoms with Gasteiger partial charge in [0.2, 0.25) is 0 Å². The van der Waals surface area contributed by atoms with Gasteiger partial charge in [-0.3, -0.25) is 4.57 Å². The van der Waals surface area contributed by atoms with E-state index in [0.29, 0.717) is 12.7 Å². The Morgan fingerprint density at radius 3 is 2.65 bits per heavy atom. The van der Waals surface area contributed by atoms with Crippen molar-refractivity contribution in [2.45, 2.75) is 39.3 Å². The minimum atomic E-state index is -1.04. The number of nitrogens with zero attached hydrogens (tertiary/aromatic N) is 2. The molecule has 1 heterocycles. The lowest BCUT2D eigenvalue weighted by atomic mass is 10.2. The largest absolute Gasteiger partial charge is 0.468 e. The molecular weight excluding hydrogens is 268 g/mol. The molecule has 0 saturated carbocycles. The summed E-state index contributed by atoms with van der Waals surface area (Å²) in [5, 5.41) is 0. The molecule has 0 bridgehead atoms. The van der Waals surface area contributed by atoms with Gasteiger partial charge in [0.1, 0.15) is 6.73 Å². The molecule has 0 saturated heterocycles. The van der Waals surface area contributed by atoms with Gasteiger partial charge in [0.25, 0.3) is 6.01 Å². The number of fused-ring (bicyclic) bond motifs is 1. The van der Waals surface area contributed by atoms with E-state index in [-0.39, 0.29) is 0 Å². The van der Waals surface area contributed by atoms with Crippen molar-refractivity contribution in [1.82, 2.24) is 9.55 Å². The number of aromatic nitrogens is 2. The normalized spacial score (nSPS) is 12.1. The Kier molecular flexibility index (Phi) is 4.50. The van der Waals surface area contributed by atoms with Crippen molar-refractivity contribution >= 4 is 19.1 Å². The fourth-order valence-electron chi connectivity index (χ4n) is 2.03. The minimum absolute atomic E-state index is 0.494. The van der Waals surface area contributed by atoms with Crippen molar-refractivity contribution in [1.29, 1.82) is 0 Å². The average Bonchev–Trinajstić information content (AvgIpc) is 2.71. The van der Waals surface area contributed by atoms with Gasteiger partial charge in [0, 0.05) is 14.7 Å². The molecule has 110 valence electrons. The predicted molar refractivity (Wildman–Crippen MR) is 85.1 cm³/mol. The molecule has 5 heteroatoms. The van der Waals surface area contributed by atoms with E-state index in [1.165, 1.54) is 11.6 Å². The molecule has 20 heavy (non-hydrogen) atoms. The zero-order chi connectivity index (χ0) is 14.8. The molecule has 0 radical (unpaired) electrons. The van der Waals surface area contributed by atoms with Crippen molar-refractivity contribution in [3.63, 3.8) is 0 Å². The van der Waals surface area contributed by atoms with Crippen molar-refractivity contribution in [3.05, 3.63) is 23.8 Å². The molecule has 2 aromatic rings. The maximum absolute atomic E-state index is 5.82. The maximum atomic E-state index is 5.82. The van der Waals surface area contributed by atoms with Crippen LogP contribution in [0.1, 0.15) is 5.56 Å². The Hall–Kier alpha value is -1.33. The smallest absolute Gasteiger partial charge is 0.298 e. The van der Waals surface area contributed by atoms with Gasteiger partial charge in [0.05, 0.1) is 18.1 Å². The lowest BCUT2D eigenvalue weighted by Crippen LogP contribution is -2.22. The quantitative estimate of drug-likeness (QED) is 0.602. The van der Waals surface area contributed by atoms with Crippen LogP contribution in [0.3, 0.4) is 0 Å². The van der Waals surface area contributed by atoms with Gasteiger partial charge < -0.3 is 9.47 Å². The van der Waals surface area contributed by atoms with Crippen molar-refractivity contribution < 1.29 is 9.47 Å². The lowest BCUT2D eigenvalue weighted by molar-refractivity contribution is 0.0837. The lowest BCUT2D eigenvalue weighted by Gasteiger charge is -2.16. The van der Waals surface area contributed by atoms with Gasteiger partial charge in [-0.2, -0.15) is 4.98 Å². The zero-order valence-corrected chi connectivity index (χ0v) is 14.1. The first-order valence-electron chi connectivity index (χ1n) is 6.99. The molecule has 0 fully saturated rings. The molecule has 0 aliphatic carbocycles. The summed E-state index contributed by atoms with van der Waals surface area (Å²) in [6.07, 6.45) is 0. The van der Waals surface area contributed by atoms with E-state index >= 15 is 0 Å². The summed E-state index contributed by atoms with van der Waals surface area (Å²) in [6, 6.07) is 7.98. The number of rotatable bonds is 6. The highest BCUT2D eigenvalue weighted by molar-refractivity contribution is 6.76. The summed E-state index contributed by atoms with van der Waals surface area (Å²) in [7, 11) is 0.601. The number of hydrogen-bond donors (Lipinski definition) is 0. The monoisotopic (exact) mass is 292 g/mol. The molecule has 0 atom stereocenters. The highest BCUT2D eigenvalue weighted by Gasteiger charge is 2.14. The molecule has 0 aliphatic heterocycles. The third-order valence-electron chi connectivity index (χ3n) is 3.27. The van der Waals surface area contributed by atoms with E-state index in [1.54, 1.807) is 7.11 Å². The first-order valence-corrected chi connectivity index (χ1v) is 10.7. The summed E-state index contributed by atoms with van der Waals surface area (Å²) in [5.41, 5.74) is 3.22. The number of ether oxygens (including phenoxy) is 2. The maximum Gasteiger partial charge on any atom is 0.298 e. The third kappa shape index (κ3) is 3.61. The van der Waals surface area contributed by atoms with Gasteiger partial charge in [-0.25, -0.2) is 0 Å². The van der Waals surface area contributed by atoms with Crippen LogP contribution in [0, 0.1) is 6.92 Å². The van der Waals surface area contributed by atoms with Crippen LogP contribution in [-0.4, -0.2) is 31.3 Å². The fraction of sp³-hybridized carbons (Fsp3) is 0.533. The van der Waals surface area contributed by atoms with Crippen LogP contribution < -0.4 is 4.74 Å². The van der Waals surface area contributed by atoms with Crippen LogP contribution in [0.2, 0.25) is 25.7 Å². The Bertz CT molecular complexity index is 587. The number of benzene rings is 1. The van der Waals surface area contributed by atoms with Gasteiger partial charge in [-0.1, -0.05) is 25.7 Å². The molecular formula is C15H24N2O2Si. The Morgan fingerprint density at radius 2 is 2.00 bits per heavy atom. The molecule has 0 N–H and O–H groups in total. The van der Waals surface area contributed by atoms with E-state index in [0.717, 1.165) is 17.6 Å².